The number of carbonyl (C=O) groups excluding carboxylic acids is 1. The lowest BCUT2D eigenvalue weighted by atomic mass is 10.0. The zero-order valence-corrected chi connectivity index (χ0v) is 10.7. The molecule has 0 fully saturated rings. The molecule has 18 heavy (non-hydrogen) atoms. The Morgan fingerprint density at radius 2 is 2.11 bits per heavy atom. The lowest BCUT2D eigenvalue weighted by molar-refractivity contribution is -0.133. The summed E-state index contributed by atoms with van der Waals surface area (Å²) in [6.07, 6.45) is 3.89. The van der Waals surface area contributed by atoms with Gasteiger partial charge in [-0.3, -0.25) is 9.63 Å². The second kappa shape index (κ2) is 6.52. The van der Waals surface area contributed by atoms with Crippen molar-refractivity contribution >= 4 is 5.91 Å². The summed E-state index contributed by atoms with van der Waals surface area (Å²) >= 11 is 0. The predicted octanol–water partition coefficient (Wildman–Crippen LogP) is 1.41. The molecule has 0 atom stereocenters. The molecular weight excluding hydrogens is 230 g/mol. The Kier molecular flexibility index (Phi) is 4.73. The zero-order valence-electron chi connectivity index (χ0n) is 10.7. The summed E-state index contributed by atoms with van der Waals surface area (Å²) in [6, 6.07) is 6.30. The Balaban J connectivity index is 1.80. The molecule has 1 N–H and O–H groups in total. The average molecular weight is 249 g/mol. The van der Waals surface area contributed by atoms with E-state index >= 15 is 0 Å². The Morgan fingerprint density at radius 3 is 2.94 bits per heavy atom. The van der Waals surface area contributed by atoms with E-state index in [4.69, 9.17) is 9.57 Å². The molecule has 0 saturated carbocycles. The van der Waals surface area contributed by atoms with Crippen molar-refractivity contribution < 1.29 is 14.4 Å². The van der Waals surface area contributed by atoms with E-state index in [0.717, 1.165) is 12.0 Å². The van der Waals surface area contributed by atoms with Gasteiger partial charge in [0, 0.05) is 7.11 Å². The maximum absolute atomic E-state index is 11.6. The van der Waals surface area contributed by atoms with Gasteiger partial charge in [0.2, 0.25) is 5.91 Å². The number of fused-ring (bicyclic) bond motifs is 1. The summed E-state index contributed by atoms with van der Waals surface area (Å²) in [5, 5.41) is 0. The van der Waals surface area contributed by atoms with Crippen molar-refractivity contribution in [2.24, 2.45) is 0 Å². The summed E-state index contributed by atoms with van der Waals surface area (Å²) in [6.45, 7) is 0.839. The van der Waals surface area contributed by atoms with E-state index in [-0.39, 0.29) is 5.91 Å². The van der Waals surface area contributed by atoms with Crippen LogP contribution < -0.4 is 5.48 Å². The highest BCUT2D eigenvalue weighted by molar-refractivity contribution is 5.77. The SMILES string of the molecule is COCCONC(=O)Cc1ccc2c(c1)CCC2. The monoisotopic (exact) mass is 249 g/mol. The van der Waals surface area contributed by atoms with E-state index in [1.165, 1.54) is 24.0 Å². The van der Waals surface area contributed by atoms with Gasteiger partial charge in [0.15, 0.2) is 0 Å². The van der Waals surface area contributed by atoms with Gasteiger partial charge in [0.1, 0.15) is 0 Å². The number of rotatable bonds is 6. The third-order valence-electron chi connectivity index (χ3n) is 3.10. The van der Waals surface area contributed by atoms with Gasteiger partial charge in [-0.25, -0.2) is 5.48 Å². The Hall–Kier alpha value is -1.39. The third kappa shape index (κ3) is 3.55. The Morgan fingerprint density at radius 1 is 1.28 bits per heavy atom. The van der Waals surface area contributed by atoms with E-state index in [2.05, 4.69) is 17.6 Å². The molecular formula is C14H19NO3. The number of hydrogen-bond donors (Lipinski definition) is 1. The van der Waals surface area contributed by atoms with Crippen molar-refractivity contribution in [1.29, 1.82) is 0 Å². The number of nitrogens with one attached hydrogen (secondary N) is 1. The minimum atomic E-state index is -0.121. The first-order chi connectivity index (χ1) is 8.79. The summed E-state index contributed by atoms with van der Waals surface area (Å²) in [5.41, 5.74) is 6.28. The van der Waals surface area contributed by atoms with Gasteiger partial charge in [-0.2, -0.15) is 0 Å². The van der Waals surface area contributed by atoms with Crippen LogP contribution in [0.1, 0.15) is 23.1 Å². The number of hydrogen-bond acceptors (Lipinski definition) is 3. The number of methoxy groups -OCH3 is 1. The number of benzene rings is 1. The number of amides is 1. The number of carbonyl (C=O) groups is 1. The number of aryl methyl sites for hydroxylation is 2. The zero-order chi connectivity index (χ0) is 12.8. The molecule has 0 aromatic heterocycles. The van der Waals surface area contributed by atoms with Gasteiger partial charge >= 0.3 is 0 Å². The fourth-order valence-corrected chi connectivity index (χ4v) is 2.21. The highest BCUT2D eigenvalue weighted by Gasteiger charge is 2.12. The van der Waals surface area contributed by atoms with Crippen LogP contribution in [0, 0.1) is 0 Å². The molecule has 1 aromatic rings. The van der Waals surface area contributed by atoms with Gasteiger partial charge in [0.05, 0.1) is 19.6 Å². The van der Waals surface area contributed by atoms with Crippen molar-refractivity contribution in [2.75, 3.05) is 20.3 Å². The molecule has 0 aliphatic heterocycles. The van der Waals surface area contributed by atoms with Crippen LogP contribution in [0.4, 0.5) is 0 Å². The molecule has 1 amide bonds. The molecule has 4 nitrogen and oxygen atoms in total. The second-order valence-electron chi connectivity index (χ2n) is 4.50. The van der Waals surface area contributed by atoms with Crippen LogP contribution in [0.3, 0.4) is 0 Å². The van der Waals surface area contributed by atoms with Crippen LogP contribution in [-0.4, -0.2) is 26.2 Å². The predicted molar refractivity (Wildman–Crippen MR) is 68.1 cm³/mol. The van der Waals surface area contributed by atoms with Crippen molar-refractivity contribution in [2.45, 2.75) is 25.7 Å². The summed E-state index contributed by atoms with van der Waals surface area (Å²) in [7, 11) is 1.59. The Bertz CT molecular complexity index is 418. The first-order valence-corrected chi connectivity index (χ1v) is 6.30. The van der Waals surface area contributed by atoms with Crippen molar-refractivity contribution in [3.63, 3.8) is 0 Å². The second-order valence-corrected chi connectivity index (χ2v) is 4.50. The fourth-order valence-electron chi connectivity index (χ4n) is 2.21. The molecule has 1 aliphatic rings. The molecule has 4 heteroatoms. The van der Waals surface area contributed by atoms with E-state index in [1.54, 1.807) is 7.11 Å². The van der Waals surface area contributed by atoms with Gasteiger partial charge in [0.25, 0.3) is 0 Å². The molecule has 2 rings (SSSR count). The summed E-state index contributed by atoms with van der Waals surface area (Å²) < 4.78 is 4.82. The van der Waals surface area contributed by atoms with Crippen LogP contribution in [0.25, 0.3) is 0 Å². The first-order valence-electron chi connectivity index (χ1n) is 6.30. The largest absolute Gasteiger partial charge is 0.382 e. The molecule has 0 heterocycles. The van der Waals surface area contributed by atoms with Crippen LogP contribution in [-0.2, 0) is 33.6 Å². The lowest BCUT2D eigenvalue weighted by Crippen LogP contribution is -2.26. The highest BCUT2D eigenvalue weighted by atomic mass is 16.7. The molecule has 0 unspecified atom stereocenters. The maximum Gasteiger partial charge on any atom is 0.247 e. The average Bonchev–Trinajstić information content (AvgIpc) is 2.82. The smallest absolute Gasteiger partial charge is 0.247 e. The Labute approximate surface area is 107 Å². The molecule has 1 aliphatic carbocycles. The van der Waals surface area contributed by atoms with Gasteiger partial charge < -0.3 is 4.74 Å². The first kappa shape index (κ1) is 13.1. The minimum absolute atomic E-state index is 0.121. The summed E-state index contributed by atoms with van der Waals surface area (Å²) in [4.78, 5) is 16.6. The van der Waals surface area contributed by atoms with E-state index in [9.17, 15) is 4.79 Å². The molecule has 0 spiro atoms. The summed E-state index contributed by atoms with van der Waals surface area (Å²) in [5.74, 6) is -0.121. The minimum Gasteiger partial charge on any atom is -0.382 e. The van der Waals surface area contributed by atoms with E-state index in [1.807, 2.05) is 6.07 Å². The van der Waals surface area contributed by atoms with Crippen LogP contribution in [0.5, 0.6) is 0 Å². The van der Waals surface area contributed by atoms with E-state index in [0.29, 0.717) is 19.6 Å². The lowest BCUT2D eigenvalue weighted by Gasteiger charge is -2.07. The van der Waals surface area contributed by atoms with Gasteiger partial charge in [-0.15, -0.1) is 0 Å². The topological polar surface area (TPSA) is 47.6 Å². The van der Waals surface area contributed by atoms with Crippen LogP contribution >= 0.6 is 0 Å². The van der Waals surface area contributed by atoms with Gasteiger partial charge in [-0.1, -0.05) is 18.2 Å². The molecule has 0 bridgehead atoms. The van der Waals surface area contributed by atoms with Gasteiger partial charge in [-0.05, 0) is 36.0 Å². The number of hydroxylamine groups is 1. The molecule has 0 radical (unpaired) electrons. The maximum atomic E-state index is 11.6. The molecule has 0 saturated heterocycles. The van der Waals surface area contributed by atoms with E-state index < -0.39 is 0 Å². The standard InChI is InChI=1S/C14H19NO3/c1-17-7-8-18-15-14(16)10-11-5-6-12-3-2-4-13(12)9-11/h5-6,9H,2-4,7-8,10H2,1H3,(H,15,16). The third-order valence-corrected chi connectivity index (χ3v) is 3.10. The van der Waals surface area contributed by atoms with Crippen LogP contribution in [0.15, 0.2) is 18.2 Å². The number of ether oxygens (including phenoxy) is 1. The normalized spacial score (nSPS) is 13.4. The van der Waals surface area contributed by atoms with Crippen molar-refractivity contribution in [3.8, 4) is 0 Å². The fraction of sp³-hybridized carbons (Fsp3) is 0.500. The molecule has 1 aromatic carbocycles. The molecule has 98 valence electrons. The van der Waals surface area contributed by atoms with Crippen molar-refractivity contribution in [3.05, 3.63) is 34.9 Å². The van der Waals surface area contributed by atoms with Crippen LogP contribution in [0.2, 0.25) is 0 Å². The van der Waals surface area contributed by atoms with Crippen molar-refractivity contribution in [1.82, 2.24) is 5.48 Å². The highest BCUT2D eigenvalue weighted by Crippen LogP contribution is 2.22. The quantitative estimate of drug-likeness (QED) is 0.612.